The van der Waals surface area contributed by atoms with Crippen LogP contribution in [0.25, 0.3) is 22.6 Å². The molecule has 8 heteroatoms. The zero-order valence-corrected chi connectivity index (χ0v) is 18.3. The highest BCUT2D eigenvalue weighted by Crippen LogP contribution is 2.25. The second kappa shape index (κ2) is 9.23. The van der Waals surface area contributed by atoms with Crippen LogP contribution in [0, 0.1) is 0 Å². The lowest BCUT2D eigenvalue weighted by atomic mass is 10.2. The van der Waals surface area contributed by atoms with Gasteiger partial charge in [-0.05, 0) is 67.1 Å². The number of fused-ring (bicyclic) bond motifs is 1. The average molecular weight is 451 g/mol. The van der Waals surface area contributed by atoms with Crippen molar-refractivity contribution in [2.45, 2.75) is 17.7 Å². The van der Waals surface area contributed by atoms with Crippen molar-refractivity contribution in [1.29, 1.82) is 0 Å². The van der Waals surface area contributed by atoms with Crippen molar-refractivity contribution in [2.24, 2.45) is 0 Å². The summed E-state index contributed by atoms with van der Waals surface area (Å²) in [5, 5.41) is 2.79. The van der Waals surface area contributed by atoms with E-state index in [9.17, 15) is 13.2 Å². The number of aromatic nitrogens is 1. The second-order valence-electron chi connectivity index (χ2n) is 7.21. The van der Waals surface area contributed by atoms with Crippen LogP contribution in [0.4, 0.5) is 5.69 Å². The third-order valence-corrected chi connectivity index (χ3v) is 6.76. The normalized spacial score (nSPS) is 11.4. The summed E-state index contributed by atoms with van der Waals surface area (Å²) >= 11 is 0. The molecule has 1 amide bonds. The Morgan fingerprint density at radius 3 is 2.41 bits per heavy atom. The van der Waals surface area contributed by atoms with Gasteiger partial charge in [0.15, 0.2) is 15.4 Å². The maximum atomic E-state index is 12.4. The molecule has 0 aliphatic heterocycles. The van der Waals surface area contributed by atoms with E-state index in [1.807, 2.05) is 36.4 Å². The summed E-state index contributed by atoms with van der Waals surface area (Å²) in [6.07, 6.45) is 0.323. The van der Waals surface area contributed by atoms with E-state index >= 15 is 0 Å². The van der Waals surface area contributed by atoms with E-state index in [1.54, 1.807) is 24.3 Å². The fraction of sp³-hybridized carbons (Fsp3) is 0.167. The third-order valence-electron chi connectivity index (χ3n) is 4.94. The number of methoxy groups -OCH3 is 1. The predicted octanol–water partition coefficient (Wildman–Crippen LogP) is 4.70. The van der Waals surface area contributed by atoms with Gasteiger partial charge < -0.3 is 14.5 Å². The molecule has 0 saturated carbocycles. The minimum Gasteiger partial charge on any atom is -0.497 e. The van der Waals surface area contributed by atoms with Crippen LogP contribution in [-0.2, 0) is 14.6 Å². The Hall–Kier alpha value is -3.65. The highest BCUT2D eigenvalue weighted by molar-refractivity contribution is 7.91. The standard InChI is InChI=1S/C24H22N2O5S/c1-30-19-12-14-20(15-13-19)32(28,29)16-4-7-23(27)25-18-10-8-17(9-11-18)24-26-21-5-2-3-6-22(21)31-24/h2-3,5-6,8-15H,4,7,16H2,1H3,(H,25,27). The molecule has 0 spiro atoms. The smallest absolute Gasteiger partial charge is 0.227 e. The monoisotopic (exact) mass is 450 g/mol. The topological polar surface area (TPSA) is 98.5 Å². The first kappa shape index (κ1) is 21.6. The molecule has 0 bridgehead atoms. The number of ether oxygens (including phenoxy) is 1. The zero-order valence-electron chi connectivity index (χ0n) is 17.4. The van der Waals surface area contributed by atoms with Crippen molar-refractivity contribution in [3.8, 4) is 17.2 Å². The second-order valence-corrected chi connectivity index (χ2v) is 9.32. The molecule has 0 radical (unpaired) electrons. The maximum Gasteiger partial charge on any atom is 0.227 e. The number of para-hydroxylation sites is 2. The molecule has 0 atom stereocenters. The summed E-state index contributed by atoms with van der Waals surface area (Å²) < 4.78 is 35.6. The molecular formula is C24H22N2O5S. The van der Waals surface area contributed by atoms with Gasteiger partial charge in [0.2, 0.25) is 11.8 Å². The Labute approximate surface area is 186 Å². The van der Waals surface area contributed by atoms with E-state index in [1.165, 1.54) is 19.2 Å². The van der Waals surface area contributed by atoms with Crippen molar-refractivity contribution >= 4 is 32.5 Å². The molecule has 7 nitrogen and oxygen atoms in total. The molecule has 0 aliphatic rings. The van der Waals surface area contributed by atoms with E-state index in [0.29, 0.717) is 22.9 Å². The van der Waals surface area contributed by atoms with E-state index in [-0.39, 0.29) is 29.4 Å². The van der Waals surface area contributed by atoms with Gasteiger partial charge in [0.05, 0.1) is 17.8 Å². The van der Waals surface area contributed by atoms with Gasteiger partial charge in [-0.2, -0.15) is 0 Å². The summed E-state index contributed by atoms with van der Waals surface area (Å²) in [5.41, 5.74) is 2.91. The van der Waals surface area contributed by atoms with E-state index in [0.717, 1.165) is 11.1 Å². The third kappa shape index (κ3) is 4.97. The first-order valence-corrected chi connectivity index (χ1v) is 11.7. The molecule has 0 aliphatic carbocycles. The molecule has 1 aromatic heterocycles. The fourth-order valence-electron chi connectivity index (χ4n) is 3.24. The molecule has 32 heavy (non-hydrogen) atoms. The average Bonchev–Trinajstić information content (AvgIpc) is 3.24. The molecule has 0 saturated heterocycles. The number of rotatable bonds is 8. The molecule has 0 unspecified atom stereocenters. The van der Waals surface area contributed by atoms with Crippen LogP contribution < -0.4 is 10.1 Å². The summed E-state index contributed by atoms with van der Waals surface area (Å²) in [4.78, 5) is 16.9. The number of carbonyl (C=O) groups excluding carboxylic acids is 1. The van der Waals surface area contributed by atoms with Crippen LogP contribution in [0.5, 0.6) is 5.75 Å². The van der Waals surface area contributed by atoms with Gasteiger partial charge >= 0.3 is 0 Å². The molecule has 4 rings (SSSR count). The van der Waals surface area contributed by atoms with Gasteiger partial charge in [0.1, 0.15) is 11.3 Å². The van der Waals surface area contributed by atoms with Gasteiger partial charge in [-0.1, -0.05) is 12.1 Å². The Morgan fingerprint density at radius 1 is 1.00 bits per heavy atom. The van der Waals surface area contributed by atoms with Crippen molar-refractivity contribution in [2.75, 3.05) is 18.2 Å². The maximum absolute atomic E-state index is 12.4. The molecule has 4 aromatic rings. The quantitative estimate of drug-likeness (QED) is 0.418. The van der Waals surface area contributed by atoms with Gasteiger partial charge in [-0.15, -0.1) is 0 Å². The highest BCUT2D eigenvalue weighted by atomic mass is 32.2. The van der Waals surface area contributed by atoms with Crippen molar-refractivity contribution in [1.82, 2.24) is 4.98 Å². The highest BCUT2D eigenvalue weighted by Gasteiger charge is 2.15. The fourth-order valence-corrected chi connectivity index (χ4v) is 4.55. The SMILES string of the molecule is COc1ccc(S(=O)(=O)CCCC(=O)Nc2ccc(-c3nc4ccccc4o3)cc2)cc1. The van der Waals surface area contributed by atoms with E-state index in [4.69, 9.17) is 9.15 Å². The molecular weight excluding hydrogens is 428 g/mol. The van der Waals surface area contributed by atoms with Crippen molar-refractivity contribution in [3.63, 3.8) is 0 Å². The number of sulfone groups is 1. The lowest BCUT2D eigenvalue weighted by Crippen LogP contribution is -2.14. The molecule has 164 valence electrons. The number of oxazole rings is 1. The number of anilines is 1. The minimum absolute atomic E-state index is 0.0995. The summed E-state index contributed by atoms with van der Waals surface area (Å²) in [6, 6.07) is 20.9. The van der Waals surface area contributed by atoms with Crippen LogP contribution in [0.1, 0.15) is 12.8 Å². The summed E-state index contributed by atoms with van der Waals surface area (Å²) in [6.45, 7) is 0. The van der Waals surface area contributed by atoms with Gasteiger partial charge in [-0.3, -0.25) is 4.79 Å². The van der Waals surface area contributed by atoms with Crippen molar-refractivity contribution in [3.05, 3.63) is 72.8 Å². The predicted molar refractivity (Wildman–Crippen MR) is 122 cm³/mol. The summed E-state index contributed by atoms with van der Waals surface area (Å²) in [5.74, 6) is 0.742. The first-order chi connectivity index (χ1) is 15.4. The van der Waals surface area contributed by atoms with Crippen LogP contribution in [0.3, 0.4) is 0 Å². The van der Waals surface area contributed by atoms with Gasteiger partial charge in [0, 0.05) is 17.7 Å². The number of nitrogens with zero attached hydrogens (tertiary/aromatic N) is 1. The van der Waals surface area contributed by atoms with E-state index < -0.39 is 9.84 Å². The Balaban J connectivity index is 1.31. The molecule has 0 fully saturated rings. The lowest BCUT2D eigenvalue weighted by Gasteiger charge is -2.07. The summed E-state index contributed by atoms with van der Waals surface area (Å²) in [7, 11) is -1.93. The lowest BCUT2D eigenvalue weighted by molar-refractivity contribution is -0.116. The largest absolute Gasteiger partial charge is 0.497 e. The van der Waals surface area contributed by atoms with E-state index in [2.05, 4.69) is 10.3 Å². The van der Waals surface area contributed by atoms with Crippen LogP contribution >= 0.6 is 0 Å². The number of amides is 1. The zero-order chi connectivity index (χ0) is 22.6. The van der Waals surface area contributed by atoms with Gasteiger partial charge in [-0.25, -0.2) is 13.4 Å². The van der Waals surface area contributed by atoms with Crippen molar-refractivity contribution < 1.29 is 22.4 Å². The minimum atomic E-state index is -3.45. The van der Waals surface area contributed by atoms with Gasteiger partial charge in [0.25, 0.3) is 0 Å². The number of nitrogens with one attached hydrogen (secondary N) is 1. The molecule has 3 aromatic carbocycles. The van der Waals surface area contributed by atoms with Crippen LogP contribution in [0.15, 0.2) is 82.1 Å². The number of hydrogen-bond donors (Lipinski definition) is 1. The Bertz CT molecular complexity index is 1290. The number of carbonyl (C=O) groups is 1. The Kier molecular flexibility index (Phi) is 6.23. The number of benzene rings is 3. The van der Waals surface area contributed by atoms with Crippen LogP contribution in [-0.4, -0.2) is 32.2 Å². The van der Waals surface area contributed by atoms with Crippen LogP contribution in [0.2, 0.25) is 0 Å². The first-order valence-electron chi connectivity index (χ1n) is 10.1. The number of hydrogen-bond acceptors (Lipinski definition) is 6. The Morgan fingerprint density at radius 2 is 1.72 bits per heavy atom. The molecule has 1 N–H and O–H groups in total. The molecule has 1 heterocycles.